The number of hydrogen-bond acceptors (Lipinski definition) is 2. The Hall–Kier alpha value is -1.29. The number of nitrogens with zero attached hydrogens (tertiary/aromatic N) is 2. The van der Waals surface area contributed by atoms with Crippen molar-refractivity contribution in [2.24, 2.45) is 7.05 Å². The number of hydrogen-bond donors (Lipinski definition) is 1. The summed E-state index contributed by atoms with van der Waals surface area (Å²) >= 11 is 0. The number of carbonyl (C=O) groups is 1. The molecule has 1 aliphatic carbocycles. The van der Waals surface area contributed by atoms with Gasteiger partial charge in [0.15, 0.2) is 0 Å². The van der Waals surface area contributed by atoms with Crippen molar-refractivity contribution in [2.45, 2.75) is 18.4 Å². The second kappa shape index (κ2) is 3.94. The van der Waals surface area contributed by atoms with Crippen molar-refractivity contribution >= 4 is 5.91 Å². The maximum absolute atomic E-state index is 11.9. The minimum Gasteiger partial charge on any atom is -0.349 e. The van der Waals surface area contributed by atoms with Gasteiger partial charge in [-0.05, 0) is 39.1 Å². The van der Waals surface area contributed by atoms with Crippen LogP contribution >= 0.6 is 0 Å². The lowest BCUT2D eigenvalue weighted by molar-refractivity contribution is 0.0929. The summed E-state index contributed by atoms with van der Waals surface area (Å²) < 4.78 is 1.84. The number of likely N-dealkylation sites (N-methyl/N-ethyl adjacent to an activating group) is 1. The van der Waals surface area contributed by atoms with E-state index in [4.69, 9.17) is 0 Å². The third kappa shape index (κ3) is 1.97. The molecule has 4 nitrogen and oxygen atoms in total. The van der Waals surface area contributed by atoms with Gasteiger partial charge < -0.3 is 14.8 Å². The monoisotopic (exact) mass is 221 g/mol. The van der Waals surface area contributed by atoms with Crippen molar-refractivity contribution < 1.29 is 4.79 Å². The lowest BCUT2D eigenvalue weighted by Crippen LogP contribution is -2.42. The standard InChI is InChI=1S/C12H19N3O/c1-14(2)12(6-7-12)9-13-11(16)10-5-4-8-15(10)3/h4-5,8H,6-7,9H2,1-3H3,(H,13,16). The Kier molecular flexibility index (Phi) is 2.76. The van der Waals surface area contributed by atoms with Crippen LogP contribution in [0.3, 0.4) is 0 Å². The number of aryl methyl sites for hydroxylation is 1. The van der Waals surface area contributed by atoms with Gasteiger partial charge in [0.1, 0.15) is 5.69 Å². The van der Waals surface area contributed by atoms with Crippen LogP contribution in [0.1, 0.15) is 23.3 Å². The Labute approximate surface area is 96.2 Å². The molecule has 1 saturated carbocycles. The highest BCUT2D eigenvalue weighted by molar-refractivity contribution is 5.92. The molecule has 1 fully saturated rings. The molecule has 1 aromatic heterocycles. The maximum Gasteiger partial charge on any atom is 0.267 e. The first-order valence-corrected chi connectivity index (χ1v) is 5.62. The third-order valence-corrected chi connectivity index (χ3v) is 3.53. The molecule has 1 aromatic rings. The molecule has 0 aromatic carbocycles. The fourth-order valence-electron chi connectivity index (χ4n) is 1.96. The largest absolute Gasteiger partial charge is 0.349 e. The second-order valence-electron chi connectivity index (χ2n) is 4.81. The average Bonchev–Trinajstić information content (AvgIpc) is 2.92. The number of aromatic nitrogens is 1. The van der Waals surface area contributed by atoms with Crippen LogP contribution in [-0.2, 0) is 7.05 Å². The molecular weight excluding hydrogens is 202 g/mol. The number of amides is 1. The topological polar surface area (TPSA) is 37.3 Å². The van der Waals surface area contributed by atoms with E-state index in [-0.39, 0.29) is 11.4 Å². The van der Waals surface area contributed by atoms with E-state index < -0.39 is 0 Å². The van der Waals surface area contributed by atoms with Crippen LogP contribution in [-0.4, -0.2) is 41.6 Å². The third-order valence-electron chi connectivity index (χ3n) is 3.53. The highest BCUT2D eigenvalue weighted by Crippen LogP contribution is 2.39. The summed E-state index contributed by atoms with van der Waals surface area (Å²) in [4.78, 5) is 14.1. The molecule has 0 unspecified atom stereocenters. The van der Waals surface area contributed by atoms with E-state index in [0.29, 0.717) is 0 Å². The summed E-state index contributed by atoms with van der Waals surface area (Å²) in [5, 5.41) is 3.01. The molecule has 4 heteroatoms. The lowest BCUT2D eigenvalue weighted by Gasteiger charge is -2.23. The van der Waals surface area contributed by atoms with E-state index in [9.17, 15) is 4.79 Å². The molecule has 0 atom stereocenters. The van der Waals surface area contributed by atoms with Crippen LogP contribution in [0.2, 0.25) is 0 Å². The normalized spacial score (nSPS) is 17.5. The fraction of sp³-hybridized carbons (Fsp3) is 0.583. The molecule has 1 aliphatic rings. The Morgan fingerprint density at radius 2 is 2.25 bits per heavy atom. The van der Waals surface area contributed by atoms with Crippen LogP contribution in [0.15, 0.2) is 18.3 Å². The van der Waals surface area contributed by atoms with Gasteiger partial charge in [0.25, 0.3) is 5.91 Å². The highest BCUT2D eigenvalue weighted by Gasteiger charge is 2.44. The molecule has 0 radical (unpaired) electrons. The molecule has 1 heterocycles. The zero-order valence-corrected chi connectivity index (χ0v) is 10.2. The minimum absolute atomic E-state index is 0.0145. The van der Waals surface area contributed by atoms with Crippen LogP contribution in [0, 0.1) is 0 Å². The minimum atomic E-state index is 0.0145. The summed E-state index contributed by atoms with van der Waals surface area (Å²) in [6.45, 7) is 0.740. The summed E-state index contributed by atoms with van der Waals surface area (Å²) in [6.07, 6.45) is 4.23. The van der Waals surface area contributed by atoms with Crippen LogP contribution in [0.4, 0.5) is 0 Å². The molecule has 2 rings (SSSR count). The lowest BCUT2D eigenvalue weighted by atomic mass is 10.2. The van der Waals surface area contributed by atoms with E-state index >= 15 is 0 Å². The first-order valence-electron chi connectivity index (χ1n) is 5.62. The van der Waals surface area contributed by atoms with Crippen LogP contribution in [0.5, 0.6) is 0 Å². The zero-order valence-electron chi connectivity index (χ0n) is 10.2. The van der Waals surface area contributed by atoms with Crippen LogP contribution in [0.25, 0.3) is 0 Å². The van der Waals surface area contributed by atoms with E-state index in [1.807, 2.05) is 29.9 Å². The summed E-state index contributed by atoms with van der Waals surface area (Å²) in [5.41, 5.74) is 0.926. The number of carbonyl (C=O) groups excluding carboxylic acids is 1. The summed E-state index contributed by atoms with van der Waals surface area (Å²) in [7, 11) is 6.02. The molecule has 0 aliphatic heterocycles. The maximum atomic E-state index is 11.9. The van der Waals surface area contributed by atoms with E-state index in [1.54, 1.807) is 0 Å². The van der Waals surface area contributed by atoms with Gasteiger partial charge in [-0.3, -0.25) is 4.79 Å². The SMILES string of the molecule is CN(C)C1(CNC(=O)c2cccn2C)CC1. The second-order valence-corrected chi connectivity index (χ2v) is 4.81. The number of rotatable bonds is 4. The van der Waals surface area contributed by atoms with Gasteiger partial charge in [0, 0.05) is 25.3 Å². The molecule has 88 valence electrons. The van der Waals surface area contributed by atoms with Gasteiger partial charge in [0.05, 0.1) is 0 Å². The van der Waals surface area contributed by atoms with Crippen molar-refractivity contribution in [3.8, 4) is 0 Å². The van der Waals surface area contributed by atoms with E-state index in [1.165, 1.54) is 12.8 Å². The smallest absolute Gasteiger partial charge is 0.267 e. The molecule has 0 saturated heterocycles. The van der Waals surface area contributed by atoms with Crippen LogP contribution < -0.4 is 5.32 Å². The molecule has 0 spiro atoms. The van der Waals surface area contributed by atoms with Gasteiger partial charge in [0.2, 0.25) is 0 Å². The predicted octanol–water partition coefficient (Wildman–Crippen LogP) is 0.849. The van der Waals surface area contributed by atoms with Gasteiger partial charge in [-0.25, -0.2) is 0 Å². The average molecular weight is 221 g/mol. The zero-order chi connectivity index (χ0) is 11.8. The fourth-order valence-corrected chi connectivity index (χ4v) is 1.96. The van der Waals surface area contributed by atoms with Gasteiger partial charge >= 0.3 is 0 Å². The molecule has 0 bridgehead atoms. The molecule has 1 N–H and O–H groups in total. The number of nitrogens with one attached hydrogen (secondary N) is 1. The van der Waals surface area contributed by atoms with Crippen molar-refractivity contribution in [3.63, 3.8) is 0 Å². The first kappa shape index (κ1) is 11.2. The Morgan fingerprint density at radius 1 is 1.56 bits per heavy atom. The van der Waals surface area contributed by atoms with E-state index in [2.05, 4.69) is 24.3 Å². The van der Waals surface area contributed by atoms with Crippen molar-refractivity contribution in [2.75, 3.05) is 20.6 Å². The van der Waals surface area contributed by atoms with Gasteiger partial charge in [-0.2, -0.15) is 0 Å². The Balaban J connectivity index is 1.92. The molecular formula is C12H19N3O. The van der Waals surface area contributed by atoms with E-state index in [0.717, 1.165) is 12.2 Å². The molecule has 1 amide bonds. The first-order chi connectivity index (χ1) is 7.55. The van der Waals surface area contributed by atoms with Gasteiger partial charge in [-0.15, -0.1) is 0 Å². The highest BCUT2D eigenvalue weighted by atomic mass is 16.1. The van der Waals surface area contributed by atoms with Gasteiger partial charge in [-0.1, -0.05) is 0 Å². The molecule has 16 heavy (non-hydrogen) atoms. The quantitative estimate of drug-likeness (QED) is 0.818. The van der Waals surface area contributed by atoms with Crippen molar-refractivity contribution in [1.82, 2.24) is 14.8 Å². The Bertz CT molecular complexity index is 391. The Morgan fingerprint density at radius 3 is 2.69 bits per heavy atom. The summed E-state index contributed by atoms with van der Waals surface area (Å²) in [6, 6.07) is 3.72. The van der Waals surface area contributed by atoms with Crippen molar-refractivity contribution in [1.29, 1.82) is 0 Å². The predicted molar refractivity (Wildman–Crippen MR) is 63.4 cm³/mol. The summed E-state index contributed by atoms with van der Waals surface area (Å²) in [5.74, 6) is 0.0145. The van der Waals surface area contributed by atoms with Crippen molar-refractivity contribution in [3.05, 3.63) is 24.0 Å².